The summed E-state index contributed by atoms with van der Waals surface area (Å²) in [5.74, 6) is -0.736. The van der Waals surface area contributed by atoms with Crippen molar-refractivity contribution in [3.63, 3.8) is 0 Å². The van der Waals surface area contributed by atoms with Gasteiger partial charge in [0.2, 0.25) is 0 Å². The molecule has 0 saturated heterocycles. The van der Waals surface area contributed by atoms with Crippen molar-refractivity contribution in [2.45, 2.75) is 26.2 Å². The number of carbonyl (C=O) groups excluding carboxylic acids is 1. The Hall–Kier alpha value is -3.94. The zero-order valence-electron chi connectivity index (χ0n) is 19.3. The Labute approximate surface area is 202 Å². The molecule has 3 N–H and O–H groups in total. The molecular formula is C27H27F2N3O3. The highest BCUT2D eigenvalue weighted by atomic mass is 19.3. The molecule has 3 aromatic carbocycles. The lowest BCUT2D eigenvalue weighted by Crippen LogP contribution is -2.32. The Balaban J connectivity index is 1.70. The van der Waals surface area contributed by atoms with Crippen LogP contribution in [0.1, 0.15) is 28.8 Å². The van der Waals surface area contributed by atoms with Gasteiger partial charge in [-0.3, -0.25) is 0 Å². The number of carboxylic acid groups (broad SMARTS) is 1. The lowest BCUT2D eigenvalue weighted by atomic mass is 9.98. The van der Waals surface area contributed by atoms with Crippen molar-refractivity contribution in [1.29, 1.82) is 0 Å². The second-order valence-corrected chi connectivity index (χ2v) is 8.77. The van der Waals surface area contributed by atoms with Crippen molar-refractivity contribution in [1.82, 2.24) is 0 Å². The summed E-state index contributed by atoms with van der Waals surface area (Å²) in [4.78, 5) is 26.2. The second-order valence-electron chi connectivity index (χ2n) is 8.77. The quantitative estimate of drug-likeness (QED) is 0.328. The van der Waals surface area contributed by atoms with Crippen LogP contribution in [-0.2, 0) is 0 Å². The van der Waals surface area contributed by atoms with Gasteiger partial charge in [-0.15, -0.1) is 0 Å². The minimum absolute atomic E-state index is 0.109. The summed E-state index contributed by atoms with van der Waals surface area (Å²) in [5, 5.41) is 15.2. The molecule has 0 bridgehead atoms. The zero-order valence-corrected chi connectivity index (χ0v) is 19.3. The minimum Gasteiger partial charge on any atom is -0.478 e. The first kappa shape index (κ1) is 24.2. The van der Waals surface area contributed by atoms with Gasteiger partial charge in [-0.05, 0) is 67.1 Å². The number of nitrogens with one attached hydrogen (secondary N) is 2. The predicted molar refractivity (Wildman–Crippen MR) is 134 cm³/mol. The largest absolute Gasteiger partial charge is 0.478 e. The Morgan fingerprint density at radius 3 is 2.40 bits per heavy atom. The van der Waals surface area contributed by atoms with Gasteiger partial charge >= 0.3 is 12.0 Å². The molecular weight excluding hydrogens is 452 g/mol. The Morgan fingerprint density at radius 1 is 1.03 bits per heavy atom. The molecule has 35 heavy (non-hydrogen) atoms. The average Bonchev–Trinajstić information content (AvgIpc) is 3.64. The number of amides is 2. The molecule has 1 saturated carbocycles. The van der Waals surface area contributed by atoms with E-state index in [4.69, 9.17) is 0 Å². The summed E-state index contributed by atoms with van der Waals surface area (Å²) in [6.45, 7) is 1.94. The predicted octanol–water partition coefficient (Wildman–Crippen LogP) is 6.49. The van der Waals surface area contributed by atoms with Crippen LogP contribution in [0.5, 0.6) is 0 Å². The number of benzene rings is 3. The molecule has 182 valence electrons. The molecule has 6 nitrogen and oxygen atoms in total. The van der Waals surface area contributed by atoms with Crippen molar-refractivity contribution in [3.05, 3.63) is 77.9 Å². The van der Waals surface area contributed by atoms with Crippen molar-refractivity contribution in [2.75, 3.05) is 28.6 Å². The average molecular weight is 480 g/mol. The first-order valence-electron chi connectivity index (χ1n) is 11.4. The summed E-state index contributed by atoms with van der Waals surface area (Å²) in [5.41, 5.74) is 3.56. The number of alkyl halides is 2. The topological polar surface area (TPSA) is 81.7 Å². The van der Waals surface area contributed by atoms with E-state index in [1.165, 1.54) is 6.07 Å². The number of aryl methyl sites for hydroxylation is 1. The van der Waals surface area contributed by atoms with E-state index in [1.807, 2.05) is 19.1 Å². The maximum absolute atomic E-state index is 13.4. The Morgan fingerprint density at radius 2 is 1.74 bits per heavy atom. The number of nitrogens with zero attached hydrogens (tertiary/aromatic N) is 1. The van der Waals surface area contributed by atoms with Crippen molar-refractivity contribution < 1.29 is 23.5 Å². The second kappa shape index (κ2) is 10.5. The standard InChI is InChI=1S/C27H27F2N3O3/c1-17-6-11-20(12-7-17)30-27(35)31-23-14-19(21-4-2-3-5-22(21)26(33)34)10-13-24(23)32(16-25(28)29)15-18-8-9-18/h2-7,10-14,18,25H,8-9,15-16H2,1H3,(H,33,34)(H2,30,31,35). The van der Waals surface area contributed by atoms with Gasteiger partial charge in [0.05, 0.1) is 23.5 Å². The SMILES string of the molecule is Cc1ccc(NC(=O)Nc2cc(-c3ccccc3C(=O)O)ccc2N(CC(F)F)CC2CC2)cc1. The third-order valence-corrected chi connectivity index (χ3v) is 5.90. The summed E-state index contributed by atoms with van der Waals surface area (Å²) in [7, 11) is 0. The molecule has 3 aromatic rings. The van der Waals surface area contributed by atoms with E-state index in [1.54, 1.807) is 53.4 Å². The van der Waals surface area contributed by atoms with Crippen molar-refractivity contribution in [3.8, 4) is 11.1 Å². The maximum Gasteiger partial charge on any atom is 0.336 e. The van der Waals surface area contributed by atoms with Crippen LogP contribution in [-0.4, -0.2) is 36.6 Å². The van der Waals surface area contributed by atoms with Crippen LogP contribution in [0.25, 0.3) is 11.1 Å². The molecule has 1 fully saturated rings. The molecule has 0 unspecified atom stereocenters. The molecule has 0 atom stereocenters. The number of halogens is 2. The highest BCUT2D eigenvalue weighted by molar-refractivity contribution is 6.03. The summed E-state index contributed by atoms with van der Waals surface area (Å²) < 4.78 is 26.9. The van der Waals surface area contributed by atoms with Gasteiger partial charge in [0.25, 0.3) is 6.43 Å². The van der Waals surface area contributed by atoms with Gasteiger partial charge in [0.15, 0.2) is 0 Å². The number of anilines is 3. The zero-order chi connectivity index (χ0) is 24.9. The first-order chi connectivity index (χ1) is 16.8. The van der Waals surface area contributed by atoms with Crippen LogP contribution in [0.2, 0.25) is 0 Å². The highest BCUT2D eigenvalue weighted by Gasteiger charge is 2.27. The van der Waals surface area contributed by atoms with E-state index in [0.717, 1.165) is 18.4 Å². The summed E-state index contributed by atoms with van der Waals surface area (Å²) in [6, 6.07) is 18.3. The van der Waals surface area contributed by atoms with Crippen LogP contribution >= 0.6 is 0 Å². The number of carbonyl (C=O) groups is 2. The van der Waals surface area contributed by atoms with E-state index in [0.29, 0.717) is 40.7 Å². The fourth-order valence-electron chi connectivity index (χ4n) is 3.97. The first-order valence-corrected chi connectivity index (χ1v) is 11.4. The van der Waals surface area contributed by atoms with E-state index < -0.39 is 25.0 Å². The van der Waals surface area contributed by atoms with Gasteiger partial charge in [-0.2, -0.15) is 0 Å². The summed E-state index contributed by atoms with van der Waals surface area (Å²) in [6.07, 6.45) is -0.573. The molecule has 4 rings (SSSR count). The number of carboxylic acids is 1. The molecule has 8 heteroatoms. The van der Waals surface area contributed by atoms with Gasteiger partial charge in [-0.1, -0.05) is 42.0 Å². The fraction of sp³-hybridized carbons (Fsp3) is 0.259. The number of hydrogen-bond donors (Lipinski definition) is 3. The number of aromatic carboxylic acids is 1. The van der Waals surface area contributed by atoms with Crippen molar-refractivity contribution >= 4 is 29.1 Å². The van der Waals surface area contributed by atoms with Gasteiger partial charge in [-0.25, -0.2) is 18.4 Å². The van der Waals surface area contributed by atoms with Gasteiger partial charge < -0.3 is 20.6 Å². The lowest BCUT2D eigenvalue weighted by Gasteiger charge is -2.27. The highest BCUT2D eigenvalue weighted by Crippen LogP contribution is 2.37. The van der Waals surface area contributed by atoms with E-state index >= 15 is 0 Å². The van der Waals surface area contributed by atoms with Crippen molar-refractivity contribution in [2.24, 2.45) is 5.92 Å². The van der Waals surface area contributed by atoms with Crippen LogP contribution in [0, 0.1) is 12.8 Å². The number of hydrogen-bond acceptors (Lipinski definition) is 3. The molecule has 2 amide bonds. The van der Waals surface area contributed by atoms with Gasteiger partial charge in [0, 0.05) is 12.2 Å². The molecule has 1 aliphatic rings. The number of urea groups is 1. The maximum atomic E-state index is 13.4. The van der Waals surface area contributed by atoms with Crippen LogP contribution in [0.3, 0.4) is 0 Å². The third-order valence-electron chi connectivity index (χ3n) is 5.90. The molecule has 0 aliphatic heterocycles. The number of rotatable bonds is 9. The fourth-order valence-corrected chi connectivity index (χ4v) is 3.97. The lowest BCUT2D eigenvalue weighted by molar-refractivity contribution is 0.0697. The third kappa shape index (κ3) is 6.35. The molecule has 0 spiro atoms. The summed E-state index contributed by atoms with van der Waals surface area (Å²) >= 11 is 0. The van der Waals surface area contributed by atoms with Crippen LogP contribution in [0.15, 0.2) is 66.7 Å². The van der Waals surface area contributed by atoms with Gasteiger partial charge in [0.1, 0.15) is 0 Å². The van der Waals surface area contributed by atoms with E-state index in [9.17, 15) is 23.5 Å². The molecule has 0 aromatic heterocycles. The van der Waals surface area contributed by atoms with Crippen LogP contribution in [0.4, 0.5) is 30.6 Å². The molecule has 0 heterocycles. The van der Waals surface area contributed by atoms with E-state index in [-0.39, 0.29) is 5.56 Å². The normalized spacial score (nSPS) is 12.9. The Bertz CT molecular complexity index is 1210. The van der Waals surface area contributed by atoms with E-state index in [2.05, 4.69) is 10.6 Å². The molecule has 1 aliphatic carbocycles. The Kier molecular flexibility index (Phi) is 7.29. The molecule has 0 radical (unpaired) electrons. The van der Waals surface area contributed by atoms with Crippen LogP contribution < -0.4 is 15.5 Å². The smallest absolute Gasteiger partial charge is 0.336 e. The minimum atomic E-state index is -2.55. The monoisotopic (exact) mass is 479 g/mol.